The van der Waals surface area contributed by atoms with Crippen LogP contribution in [0.2, 0.25) is 0 Å². The lowest BCUT2D eigenvalue weighted by Crippen LogP contribution is -2.49. The molecule has 0 saturated carbocycles. The normalized spacial score (nSPS) is 16.4. The van der Waals surface area contributed by atoms with E-state index in [9.17, 15) is 17.6 Å². The smallest absolute Gasteiger partial charge is 0.244 e. The fourth-order valence-electron chi connectivity index (χ4n) is 3.92. The number of rotatable bonds is 11. The molecule has 33 heavy (non-hydrogen) atoms. The number of nitrogens with one attached hydrogen (secondary N) is 2. The van der Waals surface area contributed by atoms with Crippen molar-refractivity contribution in [3.05, 3.63) is 66.0 Å². The summed E-state index contributed by atoms with van der Waals surface area (Å²) in [4.78, 5) is 17.2. The topological polar surface area (TPSA) is 81.8 Å². The molecule has 0 aromatic heterocycles. The maximum Gasteiger partial charge on any atom is 0.244 e. The molecular formula is C24H33FN4O3S. The standard InChI is InChI=1S/C24H33FN4O3S/c1-2-28-15-17-29(18-16-28)14-8-13-26-24(30)22(19-20-9-4-3-5-10-20)27-33(31,32)23-12-7-6-11-21(23)25/h3-7,9-12,22,27H,2,8,13-19H2,1H3,(H,26,30). The highest BCUT2D eigenvalue weighted by Crippen LogP contribution is 2.15. The third-order valence-corrected chi connectivity index (χ3v) is 7.39. The lowest BCUT2D eigenvalue weighted by molar-refractivity contribution is -0.122. The minimum Gasteiger partial charge on any atom is -0.355 e. The van der Waals surface area contributed by atoms with Gasteiger partial charge in [-0.25, -0.2) is 12.8 Å². The van der Waals surface area contributed by atoms with Crippen molar-refractivity contribution in [2.45, 2.75) is 30.7 Å². The molecule has 2 aromatic carbocycles. The molecule has 0 spiro atoms. The zero-order chi connectivity index (χ0) is 23.7. The second-order valence-electron chi connectivity index (χ2n) is 8.21. The van der Waals surface area contributed by atoms with Gasteiger partial charge in [0.05, 0.1) is 0 Å². The number of nitrogens with zero attached hydrogens (tertiary/aromatic N) is 2. The van der Waals surface area contributed by atoms with Gasteiger partial charge in [-0.2, -0.15) is 4.72 Å². The zero-order valence-electron chi connectivity index (χ0n) is 19.0. The lowest BCUT2D eigenvalue weighted by Gasteiger charge is -2.34. The van der Waals surface area contributed by atoms with Crippen LogP contribution in [0.4, 0.5) is 4.39 Å². The Labute approximate surface area is 196 Å². The summed E-state index contributed by atoms with van der Waals surface area (Å²) in [6, 6.07) is 13.2. The molecule has 1 unspecified atom stereocenters. The van der Waals surface area contributed by atoms with Crippen molar-refractivity contribution >= 4 is 15.9 Å². The fourth-order valence-corrected chi connectivity index (χ4v) is 5.19. The van der Waals surface area contributed by atoms with E-state index in [1.165, 1.54) is 18.2 Å². The fraction of sp³-hybridized carbons (Fsp3) is 0.458. The van der Waals surface area contributed by atoms with Gasteiger partial charge in [0, 0.05) is 32.7 Å². The molecule has 2 N–H and O–H groups in total. The zero-order valence-corrected chi connectivity index (χ0v) is 19.9. The highest BCUT2D eigenvalue weighted by molar-refractivity contribution is 7.89. The van der Waals surface area contributed by atoms with Gasteiger partial charge in [0.15, 0.2) is 0 Å². The Morgan fingerprint density at radius 2 is 1.64 bits per heavy atom. The average molecular weight is 477 g/mol. The molecule has 180 valence electrons. The third kappa shape index (κ3) is 7.60. The second-order valence-corrected chi connectivity index (χ2v) is 9.90. The number of carbonyl (C=O) groups excluding carboxylic acids is 1. The van der Waals surface area contributed by atoms with Crippen LogP contribution in [-0.2, 0) is 21.2 Å². The number of carbonyl (C=O) groups is 1. The van der Waals surface area contributed by atoms with E-state index in [4.69, 9.17) is 0 Å². The number of halogens is 1. The largest absolute Gasteiger partial charge is 0.355 e. The number of amides is 1. The van der Waals surface area contributed by atoms with Crippen LogP contribution in [0.5, 0.6) is 0 Å². The van der Waals surface area contributed by atoms with Crippen LogP contribution >= 0.6 is 0 Å². The van der Waals surface area contributed by atoms with Gasteiger partial charge >= 0.3 is 0 Å². The van der Waals surface area contributed by atoms with Gasteiger partial charge in [-0.3, -0.25) is 4.79 Å². The number of likely N-dealkylation sites (N-methyl/N-ethyl adjacent to an activating group) is 1. The van der Waals surface area contributed by atoms with E-state index in [0.717, 1.165) is 57.3 Å². The number of hydrogen-bond donors (Lipinski definition) is 2. The molecule has 1 atom stereocenters. The van der Waals surface area contributed by atoms with Crippen LogP contribution < -0.4 is 10.0 Å². The maximum atomic E-state index is 14.1. The van der Waals surface area contributed by atoms with Crippen molar-refractivity contribution in [3.8, 4) is 0 Å². The van der Waals surface area contributed by atoms with E-state index >= 15 is 0 Å². The molecule has 3 rings (SSSR count). The Kier molecular flexibility index (Phi) is 9.37. The number of benzene rings is 2. The van der Waals surface area contributed by atoms with Crippen LogP contribution in [0.3, 0.4) is 0 Å². The van der Waals surface area contributed by atoms with Gasteiger partial charge in [0.2, 0.25) is 15.9 Å². The Hall–Kier alpha value is -2.33. The van der Waals surface area contributed by atoms with E-state index in [2.05, 4.69) is 26.8 Å². The molecule has 1 saturated heterocycles. The molecule has 1 heterocycles. The molecule has 9 heteroatoms. The van der Waals surface area contributed by atoms with Gasteiger partial charge in [-0.15, -0.1) is 0 Å². The Bertz CT molecular complexity index is 996. The first-order valence-corrected chi connectivity index (χ1v) is 12.9. The van der Waals surface area contributed by atoms with Crippen LogP contribution in [0.1, 0.15) is 18.9 Å². The summed E-state index contributed by atoms with van der Waals surface area (Å²) in [5, 5.41) is 2.85. The molecule has 1 aliphatic heterocycles. The summed E-state index contributed by atoms with van der Waals surface area (Å²) >= 11 is 0. The molecule has 2 aromatic rings. The molecule has 1 fully saturated rings. The van der Waals surface area contributed by atoms with Crippen molar-refractivity contribution in [3.63, 3.8) is 0 Å². The van der Waals surface area contributed by atoms with Crippen LogP contribution in [0, 0.1) is 5.82 Å². The Balaban J connectivity index is 1.59. The number of piperazine rings is 1. The maximum absolute atomic E-state index is 14.1. The number of hydrogen-bond acceptors (Lipinski definition) is 5. The van der Waals surface area contributed by atoms with Crippen molar-refractivity contribution in [1.29, 1.82) is 0 Å². The van der Waals surface area contributed by atoms with Gasteiger partial charge < -0.3 is 15.1 Å². The summed E-state index contributed by atoms with van der Waals surface area (Å²) in [6.45, 7) is 8.69. The SMILES string of the molecule is CCN1CCN(CCCNC(=O)C(Cc2ccccc2)NS(=O)(=O)c2ccccc2F)CC1. The quantitative estimate of drug-likeness (QED) is 0.484. The molecule has 0 bridgehead atoms. The molecular weight excluding hydrogens is 443 g/mol. The highest BCUT2D eigenvalue weighted by atomic mass is 32.2. The van der Waals surface area contributed by atoms with Crippen molar-refractivity contribution < 1.29 is 17.6 Å². The van der Waals surface area contributed by atoms with E-state index < -0.39 is 32.7 Å². The lowest BCUT2D eigenvalue weighted by atomic mass is 10.1. The summed E-state index contributed by atoms with van der Waals surface area (Å²) in [6.07, 6.45) is 0.940. The predicted octanol–water partition coefficient (Wildman–Crippen LogP) is 1.86. The summed E-state index contributed by atoms with van der Waals surface area (Å²) in [7, 11) is -4.21. The Morgan fingerprint density at radius 3 is 2.30 bits per heavy atom. The molecule has 7 nitrogen and oxygen atoms in total. The first kappa shape index (κ1) is 25.3. The van der Waals surface area contributed by atoms with Gasteiger partial charge in [0.25, 0.3) is 0 Å². The molecule has 1 aliphatic rings. The Morgan fingerprint density at radius 1 is 1.00 bits per heavy atom. The van der Waals surface area contributed by atoms with E-state index in [1.54, 1.807) is 0 Å². The van der Waals surface area contributed by atoms with Crippen LogP contribution in [-0.4, -0.2) is 76.0 Å². The highest BCUT2D eigenvalue weighted by Gasteiger charge is 2.27. The second kappa shape index (κ2) is 12.2. The van der Waals surface area contributed by atoms with Gasteiger partial charge in [-0.1, -0.05) is 49.4 Å². The van der Waals surface area contributed by atoms with E-state index in [0.29, 0.717) is 6.54 Å². The van der Waals surface area contributed by atoms with Crippen molar-refractivity contribution in [2.24, 2.45) is 0 Å². The van der Waals surface area contributed by atoms with Crippen molar-refractivity contribution in [1.82, 2.24) is 19.8 Å². The molecule has 1 amide bonds. The summed E-state index contributed by atoms with van der Waals surface area (Å²) < 4.78 is 42.1. The monoisotopic (exact) mass is 476 g/mol. The van der Waals surface area contributed by atoms with Crippen LogP contribution in [0.15, 0.2) is 59.5 Å². The van der Waals surface area contributed by atoms with E-state index in [1.807, 2.05) is 30.3 Å². The third-order valence-electron chi connectivity index (χ3n) is 5.89. The van der Waals surface area contributed by atoms with E-state index in [-0.39, 0.29) is 6.42 Å². The van der Waals surface area contributed by atoms with Gasteiger partial charge in [0.1, 0.15) is 16.8 Å². The number of sulfonamides is 1. The predicted molar refractivity (Wildman–Crippen MR) is 127 cm³/mol. The first-order valence-electron chi connectivity index (χ1n) is 11.4. The van der Waals surface area contributed by atoms with Gasteiger partial charge in [-0.05, 0) is 43.6 Å². The van der Waals surface area contributed by atoms with Crippen LogP contribution in [0.25, 0.3) is 0 Å². The summed E-state index contributed by atoms with van der Waals surface area (Å²) in [5.74, 6) is -1.28. The molecule has 0 aliphatic carbocycles. The first-order chi connectivity index (χ1) is 15.9. The minimum absolute atomic E-state index is 0.166. The minimum atomic E-state index is -4.21. The summed E-state index contributed by atoms with van der Waals surface area (Å²) in [5.41, 5.74) is 0.808. The van der Waals surface area contributed by atoms with Crippen molar-refractivity contribution in [2.75, 3.05) is 45.8 Å². The average Bonchev–Trinajstić information content (AvgIpc) is 2.82. The molecule has 0 radical (unpaired) electrons.